The van der Waals surface area contributed by atoms with Crippen molar-refractivity contribution in [1.82, 2.24) is 0 Å². The summed E-state index contributed by atoms with van der Waals surface area (Å²) in [5, 5.41) is 0. The molecular weight excluding hydrogens is 596 g/mol. The molecule has 0 spiro atoms. The third-order valence-electron chi connectivity index (χ3n) is 5.28. The van der Waals surface area contributed by atoms with Gasteiger partial charge >= 0.3 is 23.9 Å². The van der Waals surface area contributed by atoms with Crippen LogP contribution in [0.15, 0.2) is 72.8 Å². The van der Waals surface area contributed by atoms with Gasteiger partial charge in [0.2, 0.25) is 48.4 Å². The highest BCUT2D eigenvalue weighted by Gasteiger charge is 2.31. The van der Waals surface area contributed by atoms with E-state index >= 15 is 0 Å². The van der Waals surface area contributed by atoms with Gasteiger partial charge in [-0.15, -0.1) is 0 Å². The van der Waals surface area contributed by atoms with E-state index in [1.807, 2.05) is 0 Å². The van der Waals surface area contributed by atoms with Gasteiger partial charge in [-0.1, -0.05) is 13.2 Å². The molecule has 3 aromatic rings. The Kier molecular flexibility index (Phi) is 10.8. The second kappa shape index (κ2) is 14.5. The fourth-order valence-electron chi connectivity index (χ4n) is 3.00. The molecule has 0 heterocycles. The maximum atomic E-state index is 14.7. The molecule has 0 N–H and O–H groups in total. The normalized spacial score (nSPS) is 10.3. The smallest absolute Gasteiger partial charge is 0.343 e. The summed E-state index contributed by atoms with van der Waals surface area (Å²) in [5.74, 6) is -16.0. The molecule has 0 aliphatic carbocycles. The van der Waals surface area contributed by atoms with Gasteiger partial charge in [0, 0.05) is 11.1 Å². The average Bonchev–Trinajstić information content (AvgIpc) is 3.00. The van der Waals surface area contributed by atoms with Gasteiger partial charge in [-0.3, -0.25) is 0 Å². The molecule has 0 bridgehead atoms. The van der Waals surface area contributed by atoms with Gasteiger partial charge < -0.3 is 28.4 Å². The summed E-state index contributed by atoms with van der Waals surface area (Å²) in [4.78, 5) is 47.5. The number of carbonyl (C=O) groups excluding carboxylic acids is 4. The zero-order valence-electron chi connectivity index (χ0n) is 23.0. The summed E-state index contributed by atoms with van der Waals surface area (Å²) >= 11 is 0. The molecule has 0 fully saturated rings. The Morgan fingerprint density at radius 1 is 0.568 bits per heavy atom. The van der Waals surface area contributed by atoms with Crippen LogP contribution in [0.5, 0.6) is 23.0 Å². The second-order valence-corrected chi connectivity index (χ2v) is 8.69. The number of halogens is 4. The van der Waals surface area contributed by atoms with E-state index in [9.17, 15) is 36.7 Å². The number of rotatable bonds is 12. The van der Waals surface area contributed by atoms with Crippen LogP contribution < -0.4 is 18.9 Å². The fraction of sp³-hybridized carbons (Fsp3) is 0.133. The van der Waals surface area contributed by atoms with Crippen LogP contribution in [-0.4, -0.2) is 37.5 Å². The molecule has 0 aliphatic rings. The second-order valence-electron chi connectivity index (χ2n) is 8.69. The van der Waals surface area contributed by atoms with Crippen molar-refractivity contribution < 1.29 is 65.2 Å². The molecule has 0 saturated heterocycles. The molecule has 44 heavy (non-hydrogen) atoms. The fourth-order valence-corrected chi connectivity index (χ4v) is 3.00. The third kappa shape index (κ3) is 8.21. The van der Waals surface area contributed by atoms with Gasteiger partial charge in [0.05, 0.1) is 11.1 Å². The predicted molar refractivity (Wildman–Crippen MR) is 142 cm³/mol. The molecule has 0 radical (unpaired) electrons. The number of hydrogen-bond acceptors (Lipinski definition) is 10. The van der Waals surface area contributed by atoms with Crippen LogP contribution in [0.1, 0.15) is 34.6 Å². The first-order chi connectivity index (χ1) is 20.8. The minimum absolute atomic E-state index is 0.128. The van der Waals surface area contributed by atoms with Crippen molar-refractivity contribution in [2.75, 3.05) is 13.6 Å². The van der Waals surface area contributed by atoms with E-state index in [0.29, 0.717) is 0 Å². The van der Waals surface area contributed by atoms with Crippen molar-refractivity contribution in [2.45, 2.75) is 13.8 Å². The van der Waals surface area contributed by atoms with E-state index < -0.39 is 72.2 Å². The van der Waals surface area contributed by atoms with Crippen LogP contribution in [0.3, 0.4) is 0 Å². The lowest BCUT2D eigenvalue weighted by Crippen LogP contribution is -2.16. The van der Waals surface area contributed by atoms with E-state index in [-0.39, 0.29) is 33.8 Å². The molecule has 0 aromatic heterocycles. The van der Waals surface area contributed by atoms with E-state index in [0.717, 1.165) is 24.3 Å². The lowest BCUT2D eigenvalue weighted by molar-refractivity contribution is -0.146. The highest BCUT2D eigenvalue weighted by Crippen LogP contribution is 2.35. The zero-order valence-corrected chi connectivity index (χ0v) is 23.0. The molecule has 3 aromatic carbocycles. The maximum Gasteiger partial charge on any atom is 0.343 e. The minimum Gasteiger partial charge on any atom is -0.457 e. The topological polar surface area (TPSA) is 124 Å². The summed E-state index contributed by atoms with van der Waals surface area (Å²) < 4.78 is 87.5. The quantitative estimate of drug-likeness (QED) is 0.0634. The Morgan fingerprint density at radius 3 is 1.14 bits per heavy atom. The number of carbonyl (C=O) groups is 4. The monoisotopic (exact) mass is 618 g/mol. The van der Waals surface area contributed by atoms with E-state index in [1.54, 1.807) is 0 Å². The summed E-state index contributed by atoms with van der Waals surface area (Å²) in [7, 11) is 0. The first-order valence-corrected chi connectivity index (χ1v) is 12.2. The number of hydrogen-bond donors (Lipinski definition) is 0. The van der Waals surface area contributed by atoms with Crippen LogP contribution in [-0.2, 0) is 19.1 Å². The largest absolute Gasteiger partial charge is 0.457 e. The number of ether oxygens (including phenoxy) is 6. The average molecular weight is 618 g/mol. The van der Waals surface area contributed by atoms with Crippen LogP contribution in [0.2, 0.25) is 0 Å². The molecule has 14 heteroatoms. The van der Waals surface area contributed by atoms with Crippen molar-refractivity contribution in [2.24, 2.45) is 0 Å². The SMILES string of the molecule is C=C(C)C(=O)OCOc1ccc(C(=O)Oc2c(F)c(F)c(OC(=O)c3ccc(OCOC(=O)C(=C)C)cc3)c(F)c2F)cc1. The molecule has 0 unspecified atom stereocenters. The number of benzene rings is 3. The predicted octanol–water partition coefficient (Wildman–Crippen LogP) is 5.59. The zero-order chi connectivity index (χ0) is 32.6. The van der Waals surface area contributed by atoms with E-state index in [2.05, 4.69) is 22.6 Å². The van der Waals surface area contributed by atoms with Crippen molar-refractivity contribution in [1.29, 1.82) is 0 Å². The highest BCUT2D eigenvalue weighted by atomic mass is 19.2. The minimum atomic E-state index is -2.15. The van der Waals surface area contributed by atoms with Crippen molar-refractivity contribution in [3.05, 3.63) is 107 Å². The number of esters is 4. The van der Waals surface area contributed by atoms with Crippen LogP contribution in [0, 0.1) is 23.3 Å². The Labute approximate surface area is 247 Å². The highest BCUT2D eigenvalue weighted by molar-refractivity contribution is 5.92. The van der Waals surface area contributed by atoms with Gasteiger partial charge in [-0.2, -0.15) is 17.6 Å². The third-order valence-corrected chi connectivity index (χ3v) is 5.28. The van der Waals surface area contributed by atoms with Gasteiger partial charge in [0.1, 0.15) is 11.5 Å². The summed E-state index contributed by atoms with van der Waals surface area (Å²) in [6.07, 6.45) is 0. The molecule has 10 nitrogen and oxygen atoms in total. The van der Waals surface area contributed by atoms with Gasteiger partial charge in [0.15, 0.2) is 0 Å². The Bertz CT molecular complexity index is 1470. The first-order valence-electron chi connectivity index (χ1n) is 12.2. The van der Waals surface area contributed by atoms with Gasteiger partial charge in [0.25, 0.3) is 0 Å². The van der Waals surface area contributed by atoms with E-state index in [1.165, 1.54) is 38.1 Å². The molecule has 3 rings (SSSR count). The van der Waals surface area contributed by atoms with Crippen molar-refractivity contribution in [3.8, 4) is 23.0 Å². The van der Waals surface area contributed by atoms with Crippen molar-refractivity contribution >= 4 is 23.9 Å². The molecule has 0 atom stereocenters. The van der Waals surface area contributed by atoms with Gasteiger partial charge in [-0.25, -0.2) is 19.2 Å². The molecule has 0 saturated carbocycles. The summed E-state index contributed by atoms with van der Waals surface area (Å²) in [5.41, 5.74) is -0.311. The van der Waals surface area contributed by atoms with Crippen molar-refractivity contribution in [3.63, 3.8) is 0 Å². The van der Waals surface area contributed by atoms with Crippen LogP contribution >= 0.6 is 0 Å². The lowest BCUT2D eigenvalue weighted by atomic mass is 10.2. The molecule has 0 aliphatic heterocycles. The standard InChI is InChI=1S/C30H22F4O10/c1-15(2)27(35)41-13-39-19-9-5-17(6-10-19)29(37)43-25-21(31)23(33)26(24(34)22(25)32)44-30(38)18-7-11-20(12-8-18)40-14-42-28(36)16(3)4/h5-12H,1,3,13-14H2,2,4H3. The first kappa shape index (κ1) is 32.8. The van der Waals surface area contributed by atoms with Gasteiger partial charge in [-0.05, 0) is 62.4 Å². The Balaban J connectivity index is 1.66. The Hall–Kier alpha value is -5.66. The lowest BCUT2D eigenvalue weighted by Gasteiger charge is -2.13. The Morgan fingerprint density at radius 2 is 0.864 bits per heavy atom. The van der Waals surface area contributed by atoms with Crippen LogP contribution in [0.4, 0.5) is 17.6 Å². The van der Waals surface area contributed by atoms with Crippen LogP contribution in [0.25, 0.3) is 0 Å². The molecule has 0 amide bonds. The maximum absolute atomic E-state index is 14.7. The van der Waals surface area contributed by atoms with E-state index in [4.69, 9.17) is 18.9 Å². The summed E-state index contributed by atoms with van der Waals surface area (Å²) in [6.45, 7) is 8.70. The molecule has 230 valence electrons. The molecular formula is C30H22F4O10. The summed E-state index contributed by atoms with van der Waals surface area (Å²) in [6, 6.07) is 9.28.